The summed E-state index contributed by atoms with van der Waals surface area (Å²) in [6, 6.07) is 11.4. The number of benzene rings is 2. The number of carbonyl (C=O) groups is 2. The van der Waals surface area contributed by atoms with Crippen molar-refractivity contribution >= 4 is 17.6 Å². The molecule has 1 N–H and O–H groups in total. The lowest BCUT2D eigenvalue weighted by atomic mass is 9.89. The van der Waals surface area contributed by atoms with Crippen LogP contribution in [0.25, 0.3) is 0 Å². The Hall–Kier alpha value is -2.69. The fourth-order valence-corrected chi connectivity index (χ4v) is 2.91. The largest absolute Gasteiger partial charge is 0.445 e. The topological polar surface area (TPSA) is 55.4 Å². The summed E-state index contributed by atoms with van der Waals surface area (Å²) in [5.74, 6) is -1.10. The third kappa shape index (κ3) is 3.40. The minimum atomic E-state index is -1.38. The zero-order valence-electron chi connectivity index (χ0n) is 14.4. The molecule has 0 spiro atoms. The standard InChI is InChI=1S/C20H20FNO3/c1-12(2)13-4-7-16(8-5-13)22-19(24)20(3)11-14-10-15(21)6-9-17(14)18(23)25-20/h4-10,12H,11H2,1-3H3,(H,22,24). The highest BCUT2D eigenvalue weighted by molar-refractivity contribution is 6.02. The quantitative estimate of drug-likeness (QED) is 0.857. The number of rotatable bonds is 3. The summed E-state index contributed by atoms with van der Waals surface area (Å²) in [7, 11) is 0. The van der Waals surface area contributed by atoms with Crippen LogP contribution in [0.1, 0.15) is 48.2 Å². The molecule has 4 nitrogen and oxygen atoms in total. The Labute approximate surface area is 146 Å². The van der Waals surface area contributed by atoms with Gasteiger partial charge in [0.15, 0.2) is 5.60 Å². The first-order chi connectivity index (χ1) is 11.8. The van der Waals surface area contributed by atoms with Crippen LogP contribution < -0.4 is 5.32 Å². The van der Waals surface area contributed by atoms with E-state index >= 15 is 0 Å². The highest BCUT2D eigenvalue weighted by Crippen LogP contribution is 2.30. The minimum absolute atomic E-state index is 0.127. The van der Waals surface area contributed by atoms with Crippen LogP contribution in [0.3, 0.4) is 0 Å². The van der Waals surface area contributed by atoms with Gasteiger partial charge in [0, 0.05) is 12.1 Å². The molecule has 2 aromatic carbocycles. The van der Waals surface area contributed by atoms with E-state index in [1.165, 1.54) is 25.1 Å². The van der Waals surface area contributed by atoms with Crippen molar-refractivity contribution in [2.45, 2.75) is 38.7 Å². The predicted molar refractivity (Wildman–Crippen MR) is 93.1 cm³/mol. The Balaban J connectivity index is 1.80. The number of anilines is 1. The van der Waals surface area contributed by atoms with Crippen molar-refractivity contribution in [1.29, 1.82) is 0 Å². The van der Waals surface area contributed by atoms with Gasteiger partial charge in [-0.2, -0.15) is 0 Å². The molecule has 5 heteroatoms. The van der Waals surface area contributed by atoms with Crippen molar-refractivity contribution in [2.75, 3.05) is 5.32 Å². The molecular weight excluding hydrogens is 321 g/mol. The lowest BCUT2D eigenvalue weighted by molar-refractivity contribution is -0.134. The molecule has 130 valence electrons. The Bertz CT molecular complexity index is 829. The van der Waals surface area contributed by atoms with Gasteiger partial charge in [0.25, 0.3) is 5.91 Å². The molecule has 0 aliphatic carbocycles. The Kier molecular flexibility index (Phi) is 4.33. The van der Waals surface area contributed by atoms with Gasteiger partial charge < -0.3 is 10.1 Å². The van der Waals surface area contributed by atoms with E-state index in [1.54, 1.807) is 0 Å². The zero-order chi connectivity index (χ0) is 18.2. The van der Waals surface area contributed by atoms with Crippen molar-refractivity contribution in [2.24, 2.45) is 0 Å². The first kappa shape index (κ1) is 17.1. The summed E-state index contributed by atoms with van der Waals surface area (Å²) in [6.45, 7) is 5.72. The van der Waals surface area contributed by atoms with Crippen molar-refractivity contribution in [3.05, 3.63) is 65.0 Å². The molecule has 1 amide bonds. The van der Waals surface area contributed by atoms with Crippen LogP contribution in [0.15, 0.2) is 42.5 Å². The summed E-state index contributed by atoms with van der Waals surface area (Å²) < 4.78 is 18.8. The van der Waals surface area contributed by atoms with Crippen LogP contribution in [0.2, 0.25) is 0 Å². The zero-order valence-corrected chi connectivity index (χ0v) is 14.4. The molecule has 1 aliphatic heterocycles. The highest BCUT2D eigenvalue weighted by atomic mass is 19.1. The molecule has 0 fully saturated rings. The molecule has 0 bridgehead atoms. The summed E-state index contributed by atoms with van der Waals surface area (Å²) >= 11 is 0. The number of hydrogen-bond acceptors (Lipinski definition) is 3. The molecule has 1 heterocycles. The van der Waals surface area contributed by atoms with Crippen LogP contribution in [0.5, 0.6) is 0 Å². The molecule has 0 aromatic heterocycles. The van der Waals surface area contributed by atoms with E-state index < -0.39 is 23.3 Å². The smallest absolute Gasteiger partial charge is 0.339 e. The fraction of sp³-hybridized carbons (Fsp3) is 0.300. The van der Waals surface area contributed by atoms with E-state index in [2.05, 4.69) is 19.2 Å². The van der Waals surface area contributed by atoms with E-state index in [4.69, 9.17) is 4.74 Å². The average Bonchev–Trinajstić information content (AvgIpc) is 2.54. The molecular formula is C20H20FNO3. The molecule has 0 saturated heterocycles. The normalized spacial score (nSPS) is 19.3. The molecule has 1 aliphatic rings. The lowest BCUT2D eigenvalue weighted by Gasteiger charge is -2.33. The Morgan fingerprint density at radius 3 is 2.52 bits per heavy atom. The third-order valence-electron chi connectivity index (χ3n) is 4.45. The Morgan fingerprint density at radius 1 is 1.20 bits per heavy atom. The molecule has 3 rings (SSSR count). The van der Waals surface area contributed by atoms with Crippen LogP contribution in [-0.4, -0.2) is 17.5 Å². The van der Waals surface area contributed by atoms with E-state index in [0.29, 0.717) is 22.7 Å². The number of ether oxygens (including phenoxy) is 1. The second-order valence-corrected chi connectivity index (χ2v) is 6.83. The van der Waals surface area contributed by atoms with Gasteiger partial charge in [0.1, 0.15) is 5.82 Å². The number of carbonyl (C=O) groups excluding carboxylic acids is 2. The number of nitrogens with one attached hydrogen (secondary N) is 1. The van der Waals surface area contributed by atoms with Gasteiger partial charge in [0.2, 0.25) is 0 Å². The molecule has 0 radical (unpaired) electrons. The first-order valence-corrected chi connectivity index (χ1v) is 8.22. The van der Waals surface area contributed by atoms with Crippen LogP contribution >= 0.6 is 0 Å². The first-order valence-electron chi connectivity index (χ1n) is 8.22. The third-order valence-corrected chi connectivity index (χ3v) is 4.45. The SMILES string of the molecule is CC(C)c1ccc(NC(=O)C2(C)Cc3cc(F)ccc3C(=O)O2)cc1. The molecule has 1 unspecified atom stereocenters. The number of fused-ring (bicyclic) bond motifs is 1. The van der Waals surface area contributed by atoms with Crippen LogP contribution in [-0.2, 0) is 16.0 Å². The number of halogens is 1. The molecule has 0 saturated carbocycles. The van der Waals surface area contributed by atoms with Gasteiger partial charge in [-0.15, -0.1) is 0 Å². The molecule has 1 atom stereocenters. The second kappa shape index (κ2) is 6.31. The minimum Gasteiger partial charge on any atom is -0.445 e. The second-order valence-electron chi connectivity index (χ2n) is 6.83. The maximum Gasteiger partial charge on any atom is 0.339 e. The van der Waals surface area contributed by atoms with Gasteiger partial charge in [0.05, 0.1) is 5.56 Å². The summed E-state index contributed by atoms with van der Waals surface area (Å²) in [5, 5.41) is 2.77. The van der Waals surface area contributed by atoms with Gasteiger partial charge in [-0.25, -0.2) is 9.18 Å². The number of esters is 1. The maximum atomic E-state index is 13.5. The van der Waals surface area contributed by atoms with E-state index in [-0.39, 0.29) is 6.42 Å². The summed E-state index contributed by atoms with van der Waals surface area (Å²) in [4.78, 5) is 24.8. The van der Waals surface area contributed by atoms with Gasteiger partial charge in [-0.3, -0.25) is 4.79 Å². The van der Waals surface area contributed by atoms with Crippen molar-refractivity contribution in [1.82, 2.24) is 0 Å². The number of amides is 1. The molecule has 2 aromatic rings. The van der Waals surface area contributed by atoms with Gasteiger partial charge in [-0.05, 0) is 54.3 Å². The van der Waals surface area contributed by atoms with Crippen LogP contribution in [0.4, 0.5) is 10.1 Å². The fourth-order valence-electron chi connectivity index (χ4n) is 2.91. The maximum absolute atomic E-state index is 13.5. The summed E-state index contributed by atoms with van der Waals surface area (Å²) in [5.41, 5.74) is 1.18. The number of hydrogen-bond donors (Lipinski definition) is 1. The monoisotopic (exact) mass is 341 g/mol. The van der Waals surface area contributed by atoms with E-state index in [9.17, 15) is 14.0 Å². The van der Waals surface area contributed by atoms with Crippen molar-refractivity contribution < 1.29 is 18.7 Å². The van der Waals surface area contributed by atoms with E-state index in [0.717, 1.165) is 5.56 Å². The number of cyclic esters (lactones) is 1. The Morgan fingerprint density at radius 2 is 1.88 bits per heavy atom. The van der Waals surface area contributed by atoms with Gasteiger partial charge >= 0.3 is 5.97 Å². The van der Waals surface area contributed by atoms with Crippen LogP contribution in [0, 0.1) is 5.82 Å². The van der Waals surface area contributed by atoms with Gasteiger partial charge in [-0.1, -0.05) is 26.0 Å². The highest BCUT2D eigenvalue weighted by Gasteiger charge is 2.42. The van der Waals surface area contributed by atoms with Crippen molar-refractivity contribution in [3.63, 3.8) is 0 Å². The molecule has 25 heavy (non-hydrogen) atoms. The lowest BCUT2D eigenvalue weighted by Crippen LogP contribution is -2.48. The summed E-state index contributed by atoms with van der Waals surface area (Å²) in [6.07, 6.45) is 0.127. The van der Waals surface area contributed by atoms with E-state index in [1.807, 2.05) is 24.3 Å². The van der Waals surface area contributed by atoms with Crippen molar-refractivity contribution in [3.8, 4) is 0 Å². The average molecular weight is 341 g/mol. The predicted octanol–water partition coefficient (Wildman–Crippen LogP) is 4.06.